The molecule has 1 aromatic rings. The normalized spacial score (nSPS) is 26.0. The van der Waals surface area contributed by atoms with E-state index in [1.807, 2.05) is 0 Å². The van der Waals surface area contributed by atoms with E-state index >= 15 is 0 Å². The van der Waals surface area contributed by atoms with E-state index in [4.69, 9.17) is 0 Å². The summed E-state index contributed by atoms with van der Waals surface area (Å²) in [5.74, 6) is 0. The number of alkyl halides is 1. The van der Waals surface area contributed by atoms with E-state index in [1.165, 1.54) is 6.20 Å². The lowest BCUT2D eigenvalue weighted by atomic mass is 9.96. The Hall–Kier alpha value is -0.400. The van der Waals surface area contributed by atoms with Crippen LogP contribution < -0.4 is 4.72 Å². The molecule has 1 aliphatic carbocycles. The van der Waals surface area contributed by atoms with Gasteiger partial charge in [0, 0.05) is 10.9 Å². The number of hydrogen-bond acceptors (Lipinski definition) is 3. The second-order valence-electron chi connectivity index (χ2n) is 4.43. The SMILES string of the molecule is Cc1[nH]ncc1S(=O)(=O)NC1CCC(Br)CC1. The highest BCUT2D eigenvalue weighted by molar-refractivity contribution is 9.09. The Morgan fingerprint density at radius 3 is 2.59 bits per heavy atom. The molecule has 0 saturated heterocycles. The van der Waals surface area contributed by atoms with Crippen LogP contribution in [0.2, 0.25) is 0 Å². The van der Waals surface area contributed by atoms with E-state index in [0.29, 0.717) is 10.5 Å². The molecular weight excluding hydrogens is 306 g/mol. The predicted octanol–water partition coefficient (Wildman–Crippen LogP) is 1.70. The lowest BCUT2D eigenvalue weighted by Gasteiger charge is -2.25. The van der Waals surface area contributed by atoms with Crippen molar-refractivity contribution in [1.29, 1.82) is 0 Å². The van der Waals surface area contributed by atoms with Crippen molar-refractivity contribution in [2.45, 2.75) is 48.4 Å². The fourth-order valence-electron chi connectivity index (χ4n) is 2.06. The fraction of sp³-hybridized carbons (Fsp3) is 0.700. The zero-order valence-corrected chi connectivity index (χ0v) is 12.0. The quantitative estimate of drug-likeness (QED) is 0.832. The molecule has 1 heterocycles. The monoisotopic (exact) mass is 321 g/mol. The summed E-state index contributed by atoms with van der Waals surface area (Å²) in [5.41, 5.74) is 0.576. The highest BCUT2D eigenvalue weighted by Gasteiger charge is 2.26. The maximum Gasteiger partial charge on any atom is 0.244 e. The molecule has 1 aliphatic rings. The molecule has 0 radical (unpaired) electrons. The summed E-state index contributed by atoms with van der Waals surface area (Å²) in [6.07, 6.45) is 5.14. The van der Waals surface area contributed by atoms with E-state index in [9.17, 15) is 8.42 Å². The van der Waals surface area contributed by atoms with Crippen LogP contribution in [0.25, 0.3) is 0 Å². The Bertz CT molecular complexity index is 477. The first-order valence-electron chi connectivity index (χ1n) is 5.65. The van der Waals surface area contributed by atoms with Gasteiger partial charge >= 0.3 is 0 Å². The first kappa shape index (κ1) is 13.0. The van der Waals surface area contributed by atoms with Crippen LogP contribution in [-0.2, 0) is 10.0 Å². The minimum absolute atomic E-state index is 0.0445. The van der Waals surface area contributed by atoms with E-state index < -0.39 is 10.0 Å². The van der Waals surface area contributed by atoms with E-state index in [2.05, 4.69) is 30.8 Å². The molecule has 2 N–H and O–H groups in total. The Morgan fingerprint density at radius 1 is 1.41 bits per heavy atom. The second-order valence-corrected chi connectivity index (χ2v) is 7.41. The lowest BCUT2D eigenvalue weighted by Crippen LogP contribution is -2.37. The number of aryl methyl sites for hydroxylation is 1. The maximum absolute atomic E-state index is 12.1. The Balaban J connectivity index is 2.06. The zero-order chi connectivity index (χ0) is 12.5. The third kappa shape index (κ3) is 3.08. The number of halogens is 1. The maximum atomic E-state index is 12.1. The molecule has 0 atom stereocenters. The first-order valence-corrected chi connectivity index (χ1v) is 8.05. The molecule has 0 spiro atoms. The van der Waals surface area contributed by atoms with Crippen molar-refractivity contribution in [3.05, 3.63) is 11.9 Å². The average Bonchev–Trinajstić information content (AvgIpc) is 2.68. The lowest BCUT2D eigenvalue weighted by molar-refractivity contribution is 0.422. The minimum atomic E-state index is -3.42. The van der Waals surface area contributed by atoms with Gasteiger partial charge in [-0.15, -0.1) is 0 Å². The topological polar surface area (TPSA) is 74.8 Å². The molecule has 7 heteroatoms. The molecule has 1 saturated carbocycles. The summed E-state index contributed by atoms with van der Waals surface area (Å²) < 4.78 is 26.9. The van der Waals surface area contributed by atoms with Gasteiger partial charge in [-0.2, -0.15) is 5.10 Å². The number of hydrogen-bond donors (Lipinski definition) is 2. The number of sulfonamides is 1. The third-order valence-corrected chi connectivity index (χ3v) is 5.60. The third-order valence-electron chi connectivity index (χ3n) is 3.05. The Kier molecular flexibility index (Phi) is 3.89. The molecule has 1 aromatic heterocycles. The largest absolute Gasteiger partial charge is 0.281 e. The van der Waals surface area contributed by atoms with Crippen LogP contribution in [0.15, 0.2) is 11.1 Å². The average molecular weight is 322 g/mol. The van der Waals surface area contributed by atoms with Crippen molar-refractivity contribution in [3.63, 3.8) is 0 Å². The van der Waals surface area contributed by atoms with Gasteiger partial charge in [0.15, 0.2) is 0 Å². The van der Waals surface area contributed by atoms with Crippen molar-refractivity contribution in [3.8, 4) is 0 Å². The molecular formula is C10H16BrN3O2S. The van der Waals surface area contributed by atoms with Crippen LogP contribution in [0.1, 0.15) is 31.4 Å². The van der Waals surface area contributed by atoms with Crippen molar-refractivity contribution in [2.24, 2.45) is 0 Å². The van der Waals surface area contributed by atoms with Crippen molar-refractivity contribution >= 4 is 26.0 Å². The first-order chi connectivity index (χ1) is 7.99. The van der Waals surface area contributed by atoms with E-state index in [1.54, 1.807) is 6.92 Å². The molecule has 5 nitrogen and oxygen atoms in total. The molecule has 0 aliphatic heterocycles. The predicted molar refractivity (Wildman–Crippen MR) is 68.6 cm³/mol. The van der Waals surface area contributed by atoms with Gasteiger partial charge in [-0.25, -0.2) is 13.1 Å². The Labute approximate surface area is 110 Å². The van der Waals surface area contributed by atoms with Gasteiger partial charge in [0.25, 0.3) is 0 Å². The molecule has 2 rings (SSSR count). The molecule has 0 aromatic carbocycles. The summed E-state index contributed by atoms with van der Waals surface area (Å²) in [6, 6.07) is 0.0445. The minimum Gasteiger partial charge on any atom is -0.281 e. The van der Waals surface area contributed by atoms with Crippen molar-refractivity contribution < 1.29 is 8.42 Å². The summed E-state index contributed by atoms with van der Waals surface area (Å²) >= 11 is 3.55. The fourth-order valence-corrected chi connectivity index (χ4v) is 4.03. The summed E-state index contributed by atoms with van der Waals surface area (Å²) in [6.45, 7) is 1.71. The van der Waals surface area contributed by atoms with Crippen LogP contribution in [0.4, 0.5) is 0 Å². The van der Waals surface area contributed by atoms with E-state index in [0.717, 1.165) is 25.7 Å². The highest BCUT2D eigenvalue weighted by atomic mass is 79.9. The van der Waals surface area contributed by atoms with E-state index in [-0.39, 0.29) is 10.9 Å². The van der Waals surface area contributed by atoms with Gasteiger partial charge < -0.3 is 0 Å². The van der Waals surface area contributed by atoms with Crippen LogP contribution in [0, 0.1) is 6.92 Å². The molecule has 0 unspecified atom stereocenters. The molecule has 0 amide bonds. The molecule has 96 valence electrons. The smallest absolute Gasteiger partial charge is 0.244 e. The summed E-state index contributed by atoms with van der Waals surface area (Å²) in [5, 5.41) is 6.38. The van der Waals surface area contributed by atoms with Gasteiger partial charge in [-0.05, 0) is 32.6 Å². The second kappa shape index (κ2) is 5.07. The molecule has 17 heavy (non-hydrogen) atoms. The van der Waals surface area contributed by atoms with Gasteiger partial charge in [-0.1, -0.05) is 15.9 Å². The van der Waals surface area contributed by atoms with Gasteiger partial charge in [0.2, 0.25) is 10.0 Å². The van der Waals surface area contributed by atoms with Crippen LogP contribution >= 0.6 is 15.9 Å². The van der Waals surface area contributed by atoms with Crippen LogP contribution in [-0.4, -0.2) is 29.5 Å². The summed E-state index contributed by atoms with van der Waals surface area (Å²) in [7, 11) is -3.42. The van der Waals surface area contributed by atoms with Crippen LogP contribution in [0.3, 0.4) is 0 Å². The van der Waals surface area contributed by atoms with Crippen molar-refractivity contribution in [2.75, 3.05) is 0 Å². The zero-order valence-electron chi connectivity index (χ0n) is 9.61. The van der Waals surface area contributed by atoms with Crippen molar-refractivity contribution in [1.82, 2.24) is 14.9 Å². The molecule has 1 fully saturated rings. The molecule has 0 bridgehead atoms. The highest BCUT2D eigenvalue weighted by Crippen LogP contribution is 2.25. The van der Waals surface area contributed by atoms with Gasteiger partial charge in [0.05, 0.1) is 11.9 Å². The number of rotatable bonds is 3. The number of nitrogens with one attached hydrogen (secondary N) is 2. The van der Waals surface area contributed by atoms with Gasteiger partial charge in [0.1, 0.15) is 4.90 Å². The van der Waals surface area contributed by atoms with Gasteiger partial charge in [-0.3, -0.25) is 5.10 Å². The number of H-pyrrole nitrogens is 1. The number of nitrogens with zero attached hydrogens (tertiary/aromatic N) is 1. The number of aromatic amines is 1. The summed E-state index contributed by atoms with van der Waals surface area (Å²) in [4.78, 5) is 0.775. The number of aromatic nitrogens is 2. The van der Waals surface area contributed by atoms with Crippen LogP contribution in [0.5, 0.6) is 0 Å². The standard InChI is InChI=1S/C10H16BrN3O2S/c1-7-10(6-12-13-7)17(15,16)14-9-4-2-8(11)3-5-9/h6,8-9,14H,2-5H2,1H3,(H,12,13). The Morgan fingerprint density at radius 2 is 2.06 bits per heavy atom.